The smallest absolute Gasteiger partial charge is 0.406 e. The fraction of sp³-hybridized carbons (Fsp3) is 0.500. The van der Waals surface area contributed by atoms with Gasteiger partial charge in [0.2, 0.25) is 0 Å². The molecule has 1 nitrogen and oxygen atoms in total. The van der Waals surface area contributed by atoms with Crippen LogP contribution in [0.5, 0.6) is 5.75 Å². The molecule has 0 N–H and O–H groups in total. The molecule has 4 heteroatoms. The van der Waals surface area contributed by atoms with Gasteiger partial charge in [-0.2, -0.15) is 0 Å². The maximum absolute atomic E-state index is 11.7. The first-order chi connectivity index (χ1) is 7.42. The van der Waals surface area contributed by atoms with Gasteiger partial charge in [-0.15, -0.1) is 13.2 Å². The van der Waals surface area contributed by atoms with Crippen LogP contribution in [0.3, 0.4) is 0 Å². The molecule has 0 fully saturated rings. The van der Waals surface area contributed by atoms with Gasteiger partial charge in [-0.3, -0.25) is 0 Å². The molecule has 0 unspecified atom stereocenters. The van der Waals surface area contributed by atoms with E-state index in [1.807, 2.05) is 6.92 Å². The highest BCUT2D eigenvalue weighted by Crippen LogP contribution is 2.22. The molecule has 0 aromatic heterocycles. The average Bonchev–Trinajstić information content (AvgIpc) is 2.18. The van der Waals surface area contributed by atoms with Crippen molar-refractivity contribution in [1.29, 1.82) is 0 Å². The van der Waals surface area contributed by atoms with Crippen LogP contribution in [0.1, 0.15) is 32.8 Å². The first-order valence-electron chi connectivity index (χ1n) is 5.27. The Bertz CT molecular complexity index is 277. The highest BCUT2D eigenvalue weighted by molar-refractivity contribution is 5.27. The molecule has 0 bridgehead atoms. The molecule has 16 heavy (non-hydrogen) atoms. The second kappa shape index (κ2) is 7.14. The summed E-state index contributed by atoms with van der Waals surface area (Å²) in [6.45, 7) is 6.18. The Morgan fingerprint density at radius 1 is 1.00 bits per heavy atom. The van der Waals surface area contributed by atoms with Crippen molar-refractivity contribution in [3.8, 4) is 5.75 Å². The van der Waals surface area contributed by atoms with Crippen LogP contribution in [0.4, 0.5) is 13.2 Å². The first kappa shape index (κ1) is 14.8. The van der Waals surface area contributed by atoms with Gasteiger partial charge in [-0.1, -0.05) is 39.3 Å². The largest absolute Gasteiger partial charge is 0.573 e. The van der Waals surface area contributed by atoms with E-state index in [-0.39, 0.29) is 5.75 Å². The molecule has 92 valence electrons. The van der Waals surface area contributed by atoms with Crippen molar-refractivity contribution in [2.24, 2.45) is 0 Å². The molecule has 0 heterocycles. The summed E-state index contributed by atoms with van der Waals surface area (Å²) in [6.07, 6.45) is -2.56. The van der Waals surface area contributed by atoms with Crippen molar-refractivity contribution in [2.75, 3.05) is 0 Å². The van der Waals surface area contributed by atoms with Crippen LogP contribution < -0.4 is 4.74 Å². The molecule has 0 amide bonds. The third-order valence-electron chi connectivity index (χ3n) is 1.57. The predicted octanol–water partition coefficient (Wildman–Crippen LogP) is 4.56. The van der Waals surface area contributed by atoms with E-state index >= 15 is 0 Å². The lowest BCUT2D eigenvalue weighted by Crippen LogP contribution is -2.16. The first-order valence-corrected chi connectivity index (χ1v) is 5.27. The molecule has 0 aliphatic carbocycles. The Morgan fingerprint density at radius 3 is 1.75 bits per heavy atom. The Kier molecular flexibility index (Phi) is 6.61. The Hall–Kier alpha value is -1.19. The number of aryl methyl sites for hydroxylation is 1. The number of hydrogen-bond acceptors (Lipinski definition) is 1. The summed E-state index contributed by atoms with van der Waals surface area (Å²) in [5, 5.41) is 0. The molecule has 1 aromatic rings. The molecule has 1 rings (SSSR count). The van der Waals surface area contributed by atoms with Gasteiger partial charge < -0.3 is 4.74 Å². The fourth-order valence-electron chi connectivity index (χ4n) is 0.927. The van der Waals surface area contributed by atoms with Gasteiger partial charge in [0.1, 0.15) is 5.75 Å². The zero-order valence-electron chi connectivity index (χ0n) is 9.77. The lowest BCUT2D eigenvalue weighted by Gasteiger charge is -2.08. The normalized spacial score (nSPS) is 10.4. The summed E-state index contributed by atoms with van der Waals surface area (Å²) < 4.78 is 38.8. The summed E-state index contributed by atoms with van der Waals surface area (Å²) >= 11 is 0. The lowest BCUT2D eigenvalue weighted by molar-refractivity contribution is -0.274. The fourth-order valence-corrected chi connectivity index (χ4v) is 0.927. The van der Waals surface area contributed by atoms with Gasteiger partial charge in [0.05, 0.1) is 0 Å². The predicted molar refractivity (Wildman–Crippen MR) is 58.5 cm³/mol. The number of hydrogen-bond donors (Lipinski definition) is 0. The zero-order chi connectivity index (χ0) is 12.6. The summed E-state index contributed by atoms with van der Waals surface area (Å²) in [7, 11) is 0. The van der Waals surface area contributed by atoms with Gasteiger partial charge in [-0.25, -0.2) is 0 Å². The zero-order valence-corrected chi connectivity index (χ0v) is 9.77. The molecule has 0 spiro atoms. The third kappa shape index (κ3) is 7.15. The highest BCUT2D eigenvalue weighted by atomic mass is 19.4. The summed E-state index contributed by atoms with van der Waals surface area (Å²) in [5.74, 6) is -0.176. The molecular weight excluding hydrogens is 217 g/mol. The summed E-state index contributed by atoms with van der Waals surface area (Å²) in [4.78, 5) is 0. The minimum atomic E-state index is -4.60. The molecule has 0 saturated carbocycles. The van der Waals surface area contributed by atoms with Crippen molar-refractivity contribution < 1.29 is 17.9 Å². The average molecular weight is 234 g/mol. The number of benzene rings is 1. The second-order valence-corrected chi connectivity index (χ2v) is 3.25. The molecule has 0 atom stereocenters. The van der Waals surface area contributed by atoms with Crippen molar-refractivity contribution in [1.82, 2.24) is 0 Å². The van der Waals surface area contributed by atoms with Crippen molar-refractivity contribution >= 4 is 0 Å². The maximum atomic E-state index is 11.7. The Balaban J connectivity index is 0.000000673. The topological polar surface area (TPSA) is 9.23 Å². The quantitative estimate of drug-likeness (QED) is 0.728. The monoisotopic (exact) mass is 234 g/mol. The lowest BCUT2D eigenvalue weighted by atomic mass is 10.2. The van der Waals surface area contributed by atoms with Crippen LogP contribution in [0.25, 0.3) is 0 Å². The SMILES string of the molecule is CCC.CCc1ccc(OC(F)(F)F)cc1. The van der Waals surface area contributed by atoms with E-state index in [4.69, 9.17) is 0 Å². The van der Waals surface area contributed by atoms with E-state index < -0.39 is 6.36 Å². The van der Waals surface area contributed by atoms with E-state index in [9.17, 15) is 13.2 Å². The van der Waals surface area contributed by atoms with Crippen LogP contribution in [0.15, 0.2) is 24.3 Å². The minimum Gasteiger partial charge on any atom is -0.406 e. The van der Waals surface area contributed by atoms with Crippen LogP contribution in [-0.4, -0.2) is 6.36 Å². The maximum Gasteiger partial charge on any atom is 0.573 e. The third-order valence-corrected chi connectivity index (χ3v) is 1.57. The van der Waals surface area contributed by atoms with Crippen LogP contribution in [0, 0.1) is 0 Å². The van der Waals surface area contributed by atoms with Crippen LogP contribution in [-0.2, 0) is 6.42 Å². The van der Waals surface area contributed by atoms with Gasteiger partial charge >= 0.3 is 6.36 Å². The minimum absolute atomic E-state index is 0.176. The van der Waals surface area contributed by atoms with E-state index in [0.29, 0.717) is 0 Å². The van der Waals surface area contributed by atoms with E-state index in [0.717, 1.165) is 12.0 Å². The van der Waals surface area contributed by atoms with Crippen molar-refractivity contribution in [3.63, 3.8) is 0 Å². The van der Waals surface area contributed by atoms with Crippen molar-refractivity contribution in [3.05, 3.63) is 29.8 Å². The Labute approximate surface area is 94.2 Å². The van der Waals surface area contributed by atoms with Crippen LogP contribution >= 0.6 is 0 Å². The summed E-state index contributed by atoms with van der Waals surface area (Å²) in [6, 6.07) is 5.85. The molecule has 0 saturated heterocycles. The standard InChI is InChI=1S/C9H9F3O.C3H8/c1-2-7-3-5-8(6-4-7)13-9(10,11)12;1-3-2/h3-6H,2H2,1H3;3H2,1-2H3. The van der Waals surface area contributed by atoms with Gasteiger partial charge in [-0.05, 0) is 24.1 Å². The van der Waals surface area contributed by atoms with Gasteiger partial charge in [0, 0.05) is 0 Å². The Morgan fingerprint density at radius 2 is 1.44 bits per heavy atom. The molecule has 0 aliphatic rings. The molecular formula is C12H17F3O. The number of rotatable bonds is 2. The molecule has 1 aromatic carbocycles. The van der Waals surface area contributed by atoms with E-state index in [1.54, 1.807) is 12.1 Å². The number of ether oxygens (including phenoxy) is 1. The number of halogens is 3. The summed E-state index contributed by atoms with van der Waals surface area (Å²) in [5.41, 5.74) is 0.981. The van der Waals surface area contributed by atoms with E-state index in [1.165, 1.54) is 18.6 Å². The van der Waals surface area contributed by atoms with Crippen LogP contribution in [0.2, 0.25) is 0 Å². The van der Waals surface area contributed by atoms with Gasteiger partial charge in [0.15, 0.2) is 0 Å². The number of alkyl halides is 3. The van der Waals surface area contributed by atoms with Crippen molar-refractivity contribution in [2.45, 2.75) is 40.0 Å². The second-order valence-electron chi connectivity index (χ2n) is 3.25. The molecule has 0 aliphatic heterocycles. The highest BCUT2D eigenvalue weighted by Gasteiger charge is 2.30. The van der Waals surface area contributed by atoms with E-state index in [2.05, 4.69) is 18.6 Å². The van der Waals surface area contributed by atoms with Gasteiger partial charge in [0.25, 0.3) is 0 Å². The molecule has 0 radical (unpaired) electrons.